The van der Waals surface area contributed by atoms with E-state index in [0.29, 0.717) is 5.76 Å². The number of hydrogen-bond donors (Lipinski definition) is 0. The average molecular weight is 327 g/mol. The quantitative estimate of drug-likeness (QED) is 0.366. The normalized spacial score (nSPS) is 12.7. The summed E-state index contributed by atoms with van der Waals surface area (Å²) in [4.78, 5) is 36.0. The molecule has 5 heteroatoms. The molecular weight excluding hydrogens is 296 g/mol. The summed E-state index contributed by atoms with van der Waals surface area (Å²) < 4.78 is 5.82. The first-order valence-electron chi connectivity index (χ1n) is 7.58. The highest BCUT2D eigenvalue weighted by Crippen LogP contribution is 2.32. The minimum absolute atomic E-state index is 0.0646. The molecule has 0 heterocycles. The van der Waals surface area contributed by atoms with E-state index >= 15 is 0 Å². The second-order valence-corrected chi connectivity index (χ2v) is 12.2. The molecule has 0 saturated carbocycles. The van der Waals surface area contributed by atoms with Gasteiger partial charge in [0, 0.05) is 12.8 Å². The van der Waals surface area contributed by atoms with Crippen LogP contribution in [0.5, 0.6) is 0 Å². The van der Waals surface area contributed by atoms with Gasteiger partial charge in [-0.15, -0.1) is 0 Å². The third-order valence-electron chi connectivity index (χ3n) is 3.98. The topological polar surface area (TPSA) is 60.4 Å². The molecule has 0 aliphatic carbocycles. The van der Waals surface area contributed by atoms with Crippen LogP contribution in [0.2, 0.25) is 19.6 Å². The van der Waals surface area contributed by atoms with Gasteiger partial charge in [-0.1, -0.05) is 6.58 Å². The smallest absolute Gasteiger partial charge is 0.241 e. The van der Waals surface area contributed by atoms with Gasteiger partial charge >= 0.3 is 0 Å². The summed E-state index contributed by atoms with van der Waals surface area (Å²) in [6, 6.07) is 0. The Morgan fingerprint density at radius 2 is 1.27 bits per heavy atom. The Hall–Kier alpha value is -1.23. The summed E-state index contributed by atoms with van der Waals surface area (Å²) in [5.74, 6) is -0.0324. The van der Waals surface area contributed by atoms with Crippen LogP contribution in [0, 0.1) is 10.8 Å². The van der Waals surface area contributed by atoms with E-state index in [0.717, 1.165) is 0 Å². The van der Waals surface area contributed by atoms with Crippen molar-refractivity contribution < 1.29 is 18.8 Å². The molecule has 0 aromatic rings. The highest BCUT2D eigenvalue weighted by Gasteiger charge is 2.37. The first-order valence-corrected chi connectivity index (χ1v) is 11.0. The first-order chi connectivity index (χ1) is 9.62. The number of hydrogen-bond acceptors (Lipinski definition) is 4. The standard InChI is InChI=1S/C17H30O4Si/c1-12(18)16(3,4)14(19)10-11-15(20)17(5,6)13(2)21-22(7,8)9/h2,10-11H2,1,3-9H3. The van der Waals surface area contributed by atoms with Crippen LogP contribution in [0.4, 0.5) is 0 Å². The van der Waals surface area contributed by atoms with Crippen LogP contribution in [0.15, 0.2) is 12.3 Å². The monoisotopic (exact) mass is 326 g/mol. The molecule has 0 saturated heterocycles. The number of allylic oxidation sites excluding steroid dienone is 1. The molecule has 0 radical (unpaired) electrons. The molecule has 0 aliphatic heterocycles. The second kappa shape index (κ2) is 6.90. The number of ketones is 3. The zero-order valence-corrected chi connectivity index (χ0v) is 16.3. The molecule has 0 spiro atoms. The maximum Gasteiger partial charge on any atom is 0.241 e. The first kappa shape index (κ1) is 20.8. The van der Waals surface area contributed by atoms with Crippen molar-refractivity contribution in [3.63, 3.8) is 0 Å². The highest BCUT2D eigenvalue weighted by molar-refractivity contribution is 6.70. The maximum absolute atomic E-state index is 12.4. The van der Waals surface area contributed by atoms with Crippen LogP contribution in [0.3, 0.4) is 0 Å². The molecule has 0 unspecified atom stereocenters. The van der Waals surface area contributed by atoms with Crippen molar-refractivity contribution in [3.05, 3.63) is 12.3 Å². The Kier molecular flexibility index (Phi) is 6.51. The van der Waals surface area contributed by atoms with E-state index in [1.165, 1.54) is 6.92 Å². The maximum atomic E-state index is 12.4. The Labute approximate surface area is 135 Å². The summed E-state index contributed by atoms with van der Waals surface area (Å²) in [5.41, 5.74) is -1.86. The van der Waals surface area contributed by atoms with Crippen molar-refractivity contribution in [2.75, 3.05) is 0 Å². The van der Waals surface area contributed by atoms with Crippen LogP contribution in [0.25, 0.3) is 0 Å². The zero-order chi connectivity index (χ0) is 17.9. The summed E-state index contributed by atoms with van der Waals surface area (Å²) in [7, 11) is -1.83. The van der Waals surface area contributed by atoms with Gasteiger partial charge in [-0.05, 0) is 54.3 Å². The van der Waals surface area contributed by atoms with E-state index in [2.05, 4.69) is 6.58 Å². The van der Waals surface area contributed by atoms with Gasteiger partial charge < -0.3 is 4.43 Å². The van der Waals surface area contributed by atoms with Crippen molar-refractivity contribution >= 4 is 25.7 Å². The van der Waals surface area contributed by atoms with Crippen LogP contribution >= 0.6 is 0 Å². The third-order valence-corrected chi connectivity index (χ3v) is 4.84. The van der Waals surface area contributed by atoms with E-state index in [1.54, 1.807) is 27.7 Å². The lowest BCUT2D eigenvalue weighted by atomic mass is 9.79. The fourth-order valence-corrected chi connectivity index (χ4v) is 2.70. The van der Waals surface area contributed by atoms with Gasteiger partial charge in [0.2, 0.25) is 8.32 Å². The summed E-state index contributed by atoms with van der Waals surface area (Å²) in [5, 5.41) is 0. The lowest BCUT2D eigenvalue weighted by Gasteiger charge is -2.31. The number of carbonyl (C=O) groups excluding carboxylic acids is 3. The minimum Gasteiger partial charge on any atom is -0.547 e. The minimum atomic E-state index is -1.83. The molecular formula is C17H30O4Si. The van der Waals surface area contributed by atoms with Crippen LogP contribution in [-0.2, 0) is 18.8 Å². The van der Waals surface area contributed by atoms with Gasteiger partial charge in [-0.25, -0.2) is 0 Å². The molecule has 0 fully saturated rings. The molecule has 0 aromatic heterocycles. The van der Waals surface area contributed by atoms with E-state index in [9.17, 15) is 14.4 Å². The predicted molar refractivity (Wildman–Crippen MR) is 91.1 cm³/mol. The number of Topliss-reactive ketones (excluding diaryl/α,β-unsaturated/α-hetero) is 3. The van der Waals surface area contributed by atoms with Crippen LogP contribution in [-0.4, -0.2) is 25.7 Å². The van der Waals surface area contributed by atoms with E-state index in [1.807, 2.05) is 19.6 Å². The van der Waals surface area contributed by atoms with Gasteiger partial charge in [-0.2, -0.15) is 0 Å². The van der Waals surface area contributed by atoms with E-state index in [4.69, 9.17) is 4.43 Å². The fourth-order valence-electron chi connectivity index (χ4n) is 1.70. The Morgan fingerprint density at radius 1 is 0.909 bits per heavy atom. The lowest BCUT2D eigenvalue weighted by Crippen LogP contribution is -2.36. The van der Waals surface area contributed by atoms with Crippen LogP contribution < -0.4 is 0 Å². The fraction of sp³-hybridized carbons (Fsp3) is 0.706. The van der Waals surface area contributed by atoms with Crippen molar-refractivity contribution in [1.82, 2.24) is 0 Å². The molecule has 4 nitrogen and oxygen atoms in total. The molecule has 0 rings (SSSR count). The lowest BCUT2D eigenvalue weighted by molar-refractivity contribution is -0.139. The number of carbonyl (C=O) groups is 3. The molecule has 0 aromatic carbocycles. The molecule has 22 heavy (non-hydrogen) atoms. The SMILES string of the molecule is C=C(O[Si](C)(C)C)C(C)(C)C(=O)CCC(=O)C(C)(C)C(C)=O. The molecule has 0 aliphatic rings. The molecule has 0 atom stereocenters. The van der Waals surface area contributed by atoms with Gasteiger partial charge in [0.1, 0.15) is 17.3 Å². The average Bonchev–Trinajstić information content (AvgIpc) is 2.32. The Morgan fingerprint density at radius 3 is 1.59 bits per heavy atom. The van der Waals surface area contributed by atoms with Crippen molar-refractivity contribution in [2.24, 2.45) is 10.8 Å². The van der Waals surface area contributed by atoms with Crippen molar-refractivity contribution in [2.45, 2.75) is 67.1 Å². The molecule has 126 valence electrons. The van der Waals surface area contributed by atoms with E-state index in [-0.39, 0.29) is 30.2 Å². The number of rotatable bonds is 9. The molecule has 0 N–H and O–H groups in total. The zero-order valence-electron chi connectivity index (χ0n) is 15.3. The molecule has 0 amide bonds. The van der Waals surface area contributed by atoms with Gasteiger partial charge in [0.05, 0.1) is 16.6 Å². The van der Waals surface area contributed by atoms with Crippen LogP contribution in [0.1, 0.15) is 47.5 Å². The summed E-state index contributed by atoms with van der Waals surface area (Å²) in [6.45, 7) is 18.1. The van der Waals surface area contributed by atoms with Crippen molar-refractivity contribution in [1.29, 1.82) is 0 Å². The van der Waals surface area contributed by atoms with Gasteiger partial charge in [0.15, 0.2) is 0 Å². The molecule has 0 bridgehead atoms. The third kappa shape index (κ3) is 5.52. The summed E-state index contributed by atoms with van der Waals surface area (Å²) in [6.07, 6.45) is 0.158. The second-order valence-electron chi connectivity index (χ2n) is 7.79. The largest absolute Gasteiger partial charge is 0.547 e. The summed E-state index contributed by atoms with van der Waals surface area (Å²) >= 11 is 0. The highest BCUT2D eigenvalue weighted by atomic mass is 28.4. The van der Waals surface area contributed by atoms with Crippen molar-refractivity contribution in [3.8, 4) is 0 Å². The van der Waals surface area contributed by atoms with E-state index < -0.39 is 19.1 Å². The van der Waals surface area contributed by atoms with Gasteiger partial charge in [0.25, 0.3) is 0 Å². The Balaban J connectivity index is 4.83. The van der Waals surface area contributed by atoms with Gasteiger partial charge in [-0.3, -0.25) is 14.4 Å². The predicted octanol–water partition coefficient (Wildman–Crippen LogP) is 3.91. The Bertz CT molecular complexity index is 481.